The van der Waals surface area contributed by atoms with Crippen LogP contribution in [0.15, 0.2) is 0 Å². The molecule has 0 aromatic carbocycles. The van der Waals surface area contributed by atoms with Gasteiger partial charge in [-0.05, 0) is 0 Å². The molecular weight excluding hydrogens is 259 g/mol. The Kier molecular flexibility index (Phi) is 7.68. The molecule has 0 nitrogen and oxygen atoms in total. The first-order valence-electron chi connectivity index (χ1n) is 5.91. The Morgan fingerprint density at radius 2 is 0.846 bits per heavy atom. The average Bonchev–Trinajstić information content (AvgIpc) is 1.80. The van der Waals surface area contributed by atoms with Gasteiger partial charge >= 0.3 is 93.3 Å². The van der Waals surface area contributed by atoms with Gasteiger partial charge in [0.2, 0.25) is 0 Å². The molecule has 0 aromatic rings. The minimum atomic E-state index is -1.11. The van der Waals surface area contributed by atoms with E-state index in [1.54, 1.807) is 12.5 Å². The van der Waals surface area contributed by atoms with Gasteiger partial charge in [-0.25, -0.2) is 0 Å². The van der Waals surface area contributed by atoms with E-state index in [0.29, 0.717) is 0 Å². The van der Waals surface area contributed by atoms with E-state index in [2.05, 4.69) is 41.5 Å². The summed E-state index contributed by atoms with van der Waals surface area (Å²) in [5.41, 5.74) is 0. The molecule has 13 heavy (non-hydrogen) atoms. The molecule has 0 unspecified atom stereocenters. The Morgan fingerprint density at radius 1 is 0.615 bits per heavy atom. The number of rotatable bonds is 6. The Balaban J connectivity index is 3.87. The van der Waals surface area contributed by atoms with E-state index in [1.165, 1.54) is 0 Å². The van der Waals surface area contributed by atoms with Crippen molar-refractivity contribution in [1.82, 2.24) is 0 Å². The molecule has 0 aliphatic heterocycles. The van der Waals surface area contributed by atoms with Crippen molar-refractivity contribution in [3.63, 3.8) is 0 Å². The van der Waals surface area contributed by atoms with Crippen molar-refractivity contribution in [1.29, 1.82) is 0 Å². The summed E-state index contributed by atoms with van der Waals surface area (Å²) >= 11 is -1.11. The fraction of sp³-hybridized carbons (Fsp3) is 1.00. The molecule has 0 aliphatic carbocycles. The zero-order valence-electron chi connectivity index (χ0n) is 10.4. The predicted molar refractivity (Wildman–Crippen MR) is 64.7 cm³/mol. The van der Waals surface area contributed by atoms with Gasteiger partial charge in [0.1, 0.15) is 0 Å². The van der Waals surface area contributed by atoms with E-state index in [4.69, 9.17) is 0 Å². The van der Waals surface area contributed by atoms with Gasteiger partial charge in [-0.15, -0.1) is 0 Å². The second-order valence-electron chi connectivity index (χ2n) is 5.75. The molecule has 0 aliphatic rings. The molecule has 0 amide bonds. The standard InChI is InChI=1S/3C4H9.In/c3*1-4(2)3;/h3*4H,1H2,2-3H3;. The third kappa shape index (κ3) is 9.18. The fourth-order valence-corrected chi connectivity index (χ4v) is 15.4. The van der Waals surface area contributed by atoms with Crippen molar-refractivity contribution >= 4 is 21.4 Å². The van der Waals surface area contributed by atoms with Crippen molar-refractivity contribution in [3.05, 3.63) is 0 Å². The average molecular weight is 286 g/mol. The van der Waals surface area contributed by atoms with E-state index in [1.807, 2.05) is 0 Å². The van der Waals surface area contributed by atoms with Crippen LogP contribution in [0.1, 0.15) is 41.5 Å². The van der Waals surface area contributed by atoms with Crippen LogP contribution < -0.4 is 0 Å². The normalized spacial score (nSPS) is 11.8. The van der Waals surface area contributed by atoms with Crippen LogP contribution in [0.2, 0.25) is 12.5 Å². The van der Waals surface area contributed by atoms with Crippen LogP contribution in [0.25, 0.3) is 0 Å². The van der Waals surface area contributed by atoms with Crippen molar-refractivity contribution in [3.8, 4) is 0 Å². The van der Waals surface area contributed by atoms with Gasteiger partial charge in [0.05, 0.1) is 0 Å². The molecule has 0 heterocycles. The molecule has 0 atom stereocenters. The first-order chi connectivity index (χ1) is 5.91. The maximum atomic E-state index is 2.39. The quantitative estimate of drug-likeness (QED) is 0.676. The van der Waals surface area contributed by atoms with Gasteiger partial charge < -0.3 is 0 Å². The summed E-state index contributed by atoms with van der Waals surface area (Å²) in [5, 5.41) is 0. The summed E-state index contributed by atoms with van der Waals surface area (Å²) in [6.07, 6.45) is 0. The van der Waals surface area contributed by atoms with Gasteiger partial charge in [0.25, 0.3) is 0 Å². The second kappa shape index (κ2) is 7.20. The molecule has 0 rings (SSSR count). The molecule has 1 heteroatoms. The zero-order chi connectivity index (χ0) is 10.4. The molecule has 0 saturated heterocycles. The Bertz CT molecular complexity index is 92.5. The Morgan fingerprint density at radius 3 is 1.00 bits per heavy atom. The van der Waals surface area contributed by atoms with E-state index in [0.717, 1.165) is 17.8 Å². The van der Waals surface area contributed by atoms with Crippen molar-refractivity contribution in [2.45, 2.75) is 54.1 Å². The number of hydrogen-bond acceptors (Lipinski definition) is 0. The first-order valence-corrected chi connectivity index (χ1v) is 12.9. The Hall–Kier alpha value is 0.870. The van der Waals surface area contributed by atoms with Crippen LogP contribution >= 0.6 is 0 Å². The second-order valence-corrected chi connectivity index (χ2v) is 14.7. The fourth-order valence-electron chi connectivity index (χ4n) is 2.29. The van der Waals surface area contributed by atoms with Crippen LogP contribution in [0, 0.1) is 17.8 Å². The van der Waals surface area contributed by atoms with Crippen LogP contribution in [-0.2, 0) is 0 Å². The predicted octanol–water partition coefficient (Wildman–Crippen LogP) is 4.45. The Labute approximate surface area is 93.0 Å². The van der Waals surface area contributed by atoms with Gasteiger partial charge in [0, 0.05) is 0 Å². The summed E-state index contributed by atoms with van der Waals surface area (Å²) in [7, 11) is 0. The van der Waals surface area contributed by atoms with Crippen LogP contribution in [-0.4, -0.2) is 21.4 Å². The summed E-state index contributed by atoms with van der Waals surface area (Å²) < 4.78 is 4.87. The van der Waals surface area contributed by atoms with Crippen molar-refractivity contribution in [2.24, 2.45) is 17.8 Å². The summed E-state index contributed by atoms with van der Waals surface area (Å²) in [6, 6.07) is 0. The molecule has 0 fully saturated rings. The molecular formula is C12H27In. The van der Waals surface area contributed by atoms with E-state index in [9.17, 15) is 0 Å². The molecule has 0 saturated carbocycles. The maximum absolute atomic E-state index is 2.39. The minimum absolute atomic E-state index is 0.957. The van der Waals surface area contributed by atoms with Crippen molar-refractivity contribution in [2.75, 3.05) is 0 Å². The molecule has 0 N–H and O–H groups in total. The molecule has 0 radical (unpaired) electrons. The zero-order valence-corrected chi connectivity index (χ0v) is 13.7. The van der Waals surface area contributed by atoms with E-state index < -0.39 is 21.4 Å². The van der Waals surface area contributed by atoms with Crippen LogP contribution in [0.3, 0.4) is 0 Å². The third-order valence-corrected chi connectivity index (χ3v) is 16.2. The number of hydrogen-bond donors (Lipinski definition) is 0. The third-order valence-electron chi connectivity index (χ3n) is 2.41. The summed E-state index contributed by atoms with van der Waals surface area (Å²) in [6.45, 7) is 14.4. The van der Waals surface area contributed by atoms with Gasteiger partial charge in [-0.2, -0.15) is 0 Å². The van der Waals surface area contributed by atoms with Gasteiger partial charge in [-0.3, -0.25) is 0 Å². The SMILES string of the molecule is CC(C)[CH2][In]([CH2]C(C)C)[CH2]C(C)C. The molecule has 0 bridgehead atoms. The topological polar surface area (TPSA) is 0 Å². The molecule has 78 valence electrons. The monoisotopic (exact) mass is 286 g/mol. The van der Waals surface area contributed by atoms with Gasteiger partial charge in [0.15, 0.2) is 0 Å². The molecule has 0 aromatic heterocycles. The first kappa shape index (κ1) is 13.9. The van der Waals surface area contributed by atoms with E-state index >= 15 is 0 Å². The van der Waals surface area contributed by atoms with Crippen molar-refractivity contribution < 1.29 is 0 Å². The van der Waals surface area contributed by atoms with Gasteiger partial charge in [-0.1, -0.05) is 0 Å². The van der Waals surface area contributed by atoms with E-state index in [-0.39, 0.29) is 0 Å². The van der Waals surface area contributed by atoms with Crippen LogP contribution in [0.5, 0.6) is 0 Å². The summed E-state index contributed by atoms with van der Waals surface area (Å²) in [4.78, 5) is 0. The molecule has 0 spiro atoms. The summed E-state index contributed by atoms with van der Waals surface area (Å²) in [5.74, 6) is 2.87. The van der Waals surface area contributed by atoms with Crippen LogP contribution in [0.4, 0.5) is 0 Å².